The van der Waals surface area contributed by atoms with Crippen molar-refractivity contribution < 1.29 is 4.79 Å². The van der Waals surface area contributed by atoms with E-state index in [0.717, 1.165) is 10.9 Å². The summed E-state index contributed by atoms with van der Waals surface area (Å²) in [5.41, 5.74) is 1.28. The van der Waals surface area contributed by atoms with Crippen molar-refractivity contribution in [3.8, 4) is 0 Å². The van der Waals surface area contributed by atoms with Crippen LogP contribution >= 0.6 is 15.9 Å². The lowest BCUT2D eigenvalue weighted by Crippen LogP contribution is -1.89. The predicted octanol–water partition coefficient (Wildman–Crippen LogP) is 1.91. The van der Waals surface area contributed by atoms with Gasteiger partial charge in [-0.3, -0.25) is 9.20 Å². The van der Waals surface area contributed by atoms with E-state index in [1.165, 1.54) is 0 Å². The third kappa shape index (κ3) is 0.956. The number of aldehydes is 1. The largest absolute Gasteiger partial charge is 0.298 e. The van der Waals surface area contributed by atoms with Crippen LogP contribution in [0.15, 0.2) is 29.1 Å². The molecule has 0 unspecified atom stereocenters. The van der Waals surface area contributed by atoms with Gasteiger partial charge in [-0.15, -0.1) is 0 Å². The molecule has 0 aliphatic heterocycles. The summed E-state index contributed by atoms with van der Waals surface area (Å²) in [6, 6.07) is 3.55. The average Bonchev–Trinajstić information content (AvgIpc) is 2.48. The summed E-state index contributed by atoms with van der Waals surface area (Å²) >= 11 is 3.31. The van der Waals surface area contributed by atoms with E-state index in [0.29, 0.717) is 11.2 Å². The Kier molecular flexibility index (Phi) is 1.69. The Hall–Kier alpha value is -1.16. The first-order valence-corrected chi connectivity index (χ1v) is 4.19. The van der Waals surface area contributed by atoms with Gasteiger partial charge in [0.25, 0.3) is 0 Å². The summed E-state index contributed by atoms with van der Waals surface area (Å²) in [6.07, 6.45) is 4.32. The molecule has 2 heterocycles. The number of nitrogens with zero attached hydrogens (tertiary/aromatic N) is 2. The fraction of sp³-hybridized carbons (Fsp3) is 0. The Morgan fingerprint density at radius 3 is 3.17 bits per heavy atom. The second kappa shape index (κ2) is 2.71. The number of hydrogen-bond acceptors (Lipinski definition) is 2. The van der Waals surface area contributed by atoms with E-state index in [9.17, 15) is 4.79 Å². The lowest BCUT2D eigenvalue weighted by atomic mass is 10.3. The van der Waals surface area contributed by atoms with Crippen LogP contribution in [0.25, 0.3) is 5.65 Å². The van der Waals surface area contributed by atoms with Crippen LogP contribution in [0, 0.1) is 0 Å². The third-order valence-electron chi connectivity index (χ3n) is 1.65. The third-order valence-corrected chi connectivity index (χ3v) is 2.23. The Morgan fingerprint density at radius 1 is 1.58 bits per heavy atom. The fourth-order valence-electron chi connectivity index (χ4n) is 1.09. The first-order chi connectivity index (χ1) is 5.83. The molecule has 2 aromatic heterocycles. The molecule has 3 nitrogen and oxygen atoms in total. The van der Waals surface area contributed by atoms with E-state index in [2.05, 4.69) is 20.9 Å². The van der Waals surface area contributed by atoms with Crippen LogP contribution in [0.2, 0.25) is 0 Å². The molecule has 0 amide bonds. The Labute approximate surface area is 77.2 Å². The molecule has 2 aromatic rings. The highest BCUT2D eigenvalue weighted by Gasteiger charge is 2.02. The molecular weight excluding hydrogens is 220 g/mol. The topological polar surface area (TPSA) is 34.4 Å². The van der Waals surface area contributed by atoms with Gasteiger partial charge in [-0.1, -0.05) is 0 Å². The van der Waals surface area contributed by atoms with Crippen LogP contribution in [0.5, 0.6) is 0 Å². The van der Waals surface area contributed by atoms with Crippen LogP contribution < -0.4 is 0 Å². The molecule has 0 aliphatic carbocycles. The van der Waals surface area contributed by atoms with Gasteiger partial charge >= 0.3 is 0 Å². The molecule has 0 radical (unpaired) electrons. The monoisotopic (exact) mass is 224 g/mol. The van der Waals surface area contributed by atoms with Gasteiger partial charge in [0.15, 0.2) is 6.29 Å². The number of halogens is 1. The number of pyridine rings is 1. The molecule has 0 aromatic carbocycles. The maximum Gasteiger partial charge on any atom is 0.153 e. The van der Waals surface area contributed by atoms with Crippen LogP contribution in [-0.4, -0.2) is 15.7 Å². The van der Waals surface area contributed by atoms with Crippen molar-refractivity contribution in [2.45, 2.75) is 0 Å². The zero-order valence-electron chi connectivity index (χ0n) is 6.07. The van der Waals surface area contributed by atoms with Gasteiger partial charge in [-0.05, 0) is 28.1 Å². The van der Waals surface area contributed by atoms with Gasteiger partial charge < -0.3 is 0 Å². The quantitative estimate of drug-likeness (QED) is 0.694. The standard InChI is InChI=1S/C8H5BrN2O/c9-7-4-10-8-6(5-12)2-1-3-11(7)8/h1-5H. The highest BCUT2D eigenvalue weighted by molar-refractivity contribution is 9.10. The predicted molar refractivity (Wildman–Crippen MR) is 48.3 cm³/mol. The van der Waals surface area contributed by atoms with E-state index in [1.54, 1.807) is 12.3 Å². The summed E-state index contributed by atoms with van der Waals surface area (Å²) in [7, 11) is 0. The van der Waals surface area contributed by atoms with Gasteiger partial charge in [0.1, 0.15) is 10.3 Å². The summed E-state index contributed by atoms with van der Waals surface area (Å²) in [4.78, 5) is 14.6. The molecule has 0 aliphatic rings. The van der Waals surface area contributed by atoms with Gasteiger partial charge in [-0.2, -0.15) is 0 Å². The van der Waals surface area contributed by atoms with Crippen LogP contribution in [0.1, 0.15) is 10.4 Å². The highest BCUT2D eigenvalue weighted by atomic mass is 79.9. The van der Waals surface area contributed by atoms with Crippen molar-refractivity contribution in [2.75, 3.05) is 0 Å². The van der Waals surface area contributed by atoms with Gasteiger partial charge in [0.2, 0.25) is 0 Å². The van der Waals surface area contributed by atoms with Gasteiger partial charge in [0, 0.05) is 6.20 Å². The van der Waals surface area contributed by atoms with Gasteiger partial charge in [-0.25, -0.2) is 4.98 Å². The van der Waals surface area contributed by atoms with E-state index in [1.807, 2.05) is 16.7 Å². The molecule has 0 saturated heterocycles. The molecule has 12 heavy (non-hydrogen) atoms. The van der Waals surface area contributed by atoms with Crippen molar-refractivity contribution in [3.63, 3.8) is 0 Å². The van der Waals surface area contributed by atoms with Crippen molar-refractivity contribution in [3.05, 3.63) is 34.7 Å². The van der Waals surface area contributed by atoms with E-state index >= 15 is 0 Å². The first kappa shape index (κ1) is 7.49. The summed E-state index contributed by atoms with van der Waals surface area (Å²) in [6.45, 7) is 0. The van der Waals surface area contributed by atoms with E-state index in [4.69, 9.17) is 0 Å². The lowest BCUT2D eigenvalue weighted by molar-refractivity contribution is 0.112. The minimum Gasteiger partial charge on any atom is -0.298 e. The molecule has 0 saturated carbocycles. The molecule has 4 heteroatoms. The fourth-order valence-corrected chi connectivity index (χ4v) is 1.48. The maximum atomic E-state index is 10.6. The first-order valence-electron chi connectivity index (χ1n) is 3.39. The van der Waals surface area contributed by atoms with Crippen molar-refractivity contribution in [2.24, 2.45) is 0 Å². The number of fused-ring (bicyclic) bond motifs is 1. The van der Waals surface area contributed by atoms with Crippen molar-refractivity contribution in [1.82, 2.24) is 9.38 Å². The maximum absolute atomic E-state index is 10.6. The second-order valence-corrected chi connectivity index (χ2v) is 3.17. The number of carbonyl (C=O) groups excluding carboxylic acids is 1. The molecule has 60 valence electrons. The number of hydrogen-bond donors (Lipinski definition) is 0. The lowest BCUT2D eigenvalue weighted by Gasteiger charge is -1.95. The highest BCUT2D eigenvalue weighted by Crippen LogP contribution is 2.14. The SMILES string of the molecule is O=Cc1cccn2c(Br)cnc12. The molecule has 0 fully saturated rings. The van der Waals surface area contributed by atoms with E-state index in [-0.39, 0.29) is 0 Å². The Bertz CT molecular complexity index is 436. The average molecular weight is 225 g/mol. The summed E-state index contributed by atoms with van der Waals surface area (Å²) in [5, 5.41) is 0. The minimum absolute atomic E-state index is 0.600. The molecule has 2 rings (SSSR count). The van der Waals surface area contributed by atoms with Crippen molar-refractivity contribution in [1.29, 1.82) is 0 Å². The number of rotatable bonds is 1. The summed E-state index contributed by atoms with van der Waals surface area (Å²) < 4.78 is 2.66. The molecule has 0 N–H and O–H groups in total. The molecule has 0 atom stereocenters. The van der Waals surface area contributed by atoms with Crippen LogP contribution in [-0.2, 0) is 0 Å². The molecular formula is C8H5BrN2O. The molecule has 0 spiro atoms. The normalized spacial score (nSPS) is 10.4. The zero-order chi connectivity index (χ0) is 8.55. The Balaban J connectivity index is 2.89. The van der Waals surface area contributed by atoms with Gasteiger partial charge in [0.05, 0.1) is 11.8 Å². The zero-order valence-corrected chi connectivity index (χ0v) is 7.65. The van der Waals surface area contributed by atoms with Crippen molar-refractivity contribution >= 4 is 27.9 Å². The smallest absolute Gasteiger partial charge is 0.153 e. The number of imidazole rings is 1. The Morgan fingerprint density at radius 2 is 2.42 bits per heavy atom. The minimum atomic E-state index is 0.600. The van der Waals surface area contributed by atoms with Crippen LogP contribution in [0.4, 0.5) is 0 Å². The second-order valence-electron chi connectivity index (χ2n) is 2.36. The number of aromatic nitrogens is 2. The molecule has 0 bridgehead atoms. The summed E-state index contributed by atoms with van der Waals surface area (Å²) in [5.74, 6) is 0. The number of carbonyl (C=O) groups is 1. The van der Waals surface area contributed by atoms with E-state index < -0.39 is 0 Å². The van der Waals surface area contributed by atoms with Crippen LogP contribution in [0.3, 0.4) is 0 Å².